The molecule has 0 aliphatic heterocycles. The molecule has 0 atom stereocenters. The summed E-state index contributed by atoms with van der Waals surface area (Å²) in [5.74, 6) is 4.92. The molecule has 0 aromatic carbocycles. The van der Waals surface area contributed by atoms with Crippen molar-refractivity contribution in [2.45, 2.75) is 26.7 Å². The predicted octanol–water partition coefficient (Wildman–Crippen LogP) is -0.443. The van der Waals surface area contributed by atoms with Gasteiger partial charge in [-0.2, -0.15) is 0 Å². The summed E-state index contributed by atoms with van der Waals surface area (Å²) in [5, 5.41) is 0. The van der Waals surface area contributed by atoms with E-state index in [1.807, 2.05) is 25.8 Å². The van der Waals surface area contributed by atoms with Crippen LogP contribution in [0.15, 0.2) is 0 Å². The number of nitrogens with two attached hydrogens (primary N) is 1. The summed E-state index contributed by atoms with van der Waals surface area (Å²) in [6.07, 6.45) is 1.09. The van der Waals surface area contributed by atoms with Gasteiger partial charge < -0.3 is 4.90 Å². The minimum absolute atomic E-state index is 0.126. The molecule has 0 aliphatic rings. The van der Waals surface area contributed by atoms with Crippen molar-refractivity contribution in [2.24, 2.45) is 5.84 Å². The van der Waals surface area contributed by atoms with E-state index < -0.39 is 0 Å². The number of nitrogens with zero attached hydrogens (tertiary/aromatic N) is 2. The van der Waals surface area contributed by atoms with Crippen molar-refractivity contribution in [2.75, 3.05) is 33.2 Å². The van der Waals surface area contributed by atoms with Gasteiger partial charge in [0.2, 0.25) is 11.8 Å². The Balaban J connectivity index is 3.81. The molecular weight excluding hydrogens is 220 g/mol. The molecule has 100 valence electrons. The lowest BCUT2D eigenvalue weighted by Gasteiger charge is -2.22. The Hall–Kier alpha value is -1.14. The number of carbonyl (C=O) groups excluding carboxylic acids is 2. The molecule has 0 saturated heterocycles. The van der Waals surface area contributed by atoms with Crippen LogP contribution in [0.4, 0.5) is 0 Å². The van der Waals surface area contributed by atoms with Gasteiger partial charge >= 0.3 is 0 Å². The number of amides is 2. The maximum Gasteiger partial charge on any atom is 0.236 e. The molecule has 6 nitrogen and oxygen atoms in total. The summed E-state index contributed by atoms with van der Waals surface area (Å²) in [7, 11) is 1.88. The molecule has 2 amide bonds. The fourth-order valence-electron chi connectivity index (χ4n) is 1.57. The lowest BCUT2D eigenvalue weighted by Crippen LogP contribution is -2.39. The van der Waals surface area contributed by atoms with Crippen molar-refractivity contribution in [1.82, 2.24) is 15.2 Å². The van der Waals surface area contributed by atoms with Crippen LogP contribution in [-0.2, 0) is 9.59 Å². The van der Waals surface area contributed by atoms with Gasteiger partial charge in [-0.3, -0.25) is 19.9 Å². The van der Waals surface area contributed by atoms with Crippen LogP contribution in [0.3, 0.4) is 0 Å². The summed E-state index contributed by atoms with van der Waals surface area (Å²) in [6.45, 7) is 6.50. The summed E-state index contributed by atoms with van der Waals surface area (Å²) in [4.78, 5) is 26.4. The van der Waals surface area contributed by atoms with Gasteiger partial charge in [-0.05, 0) is 33.9 Å². The van der Waals surface area contributed by atoms with E-state index in [9.17, 15) is 9.59 Å². The summed E-state index contributed by atoms with van der Waals surface area (Å²) >= 11 is 0. The Labute approximate surface area is 103 Å². The SMILES string of the molecule is CCN(CC)C(=O)CN(C)CCCC(=O)NN. The van der Waals surface area contributed by atoms with Gasteiger partial charge in [0.1, 0.15) is 0 Å². The maximum atomic E-state index is 11.8. The second-order valence-corrected chi connectivity index (χ2v) is 3.97. The summed E-state index contributed by atoms with van der Waals surface area (Å²) < 4.78 is 0. The molecule has 6 heteroatoms. The van der Waals surface area contributed by atoms with Crippen LogP contribution in [0.2, 0.25) is 0 Å². The zero-order chi connectivity index (χ0) is 13.3. The molecule has 0 bridgehead atoms. The molecule has 0 unspecified atom stereocenters. The van der Waals surface area contributed by atoms with Gasteiger partial charge in [-0.1, -0.05) is 0 Å². The Morgan fingerprint density at radius 1 is 1.24 bits per heavy atom. The van der Waals surface area contributed by atoms with E-state index in [0.717, 1.165) is 13.1 Å². The molecule has 0 aliphatic carbocycles. The molecule has 3 N–H and O–H groups in total. The first-order chi connectivity index (χ1) is 8.04. The molecule has 0 heterocycles. The molecular formula is C11H24N4O2. The summed E-state index contributed by atoms with van der Waals surface area (Å²) in [5.41, 5.74) is 2.08. The van der Waals surface area contributed by atoms with E-state index in [1.165, 1.54) is 0 Å². The standard InChI is InChI=1S/C11H24N4O2/c1-4-15(5-2)11(17)9-14(3)8-6-7-10(16)13-12/h4-9,12H2,1-3H3,(H,13,16). The number of hydrazine groups is 1. The van der Waals surface area contributed by atoms with E-state index in [-0.39, 0.29) is 11.8 Å². The van der Waals surface area contributed by atoms with Crippen LogP contribution in [0.25, 0.3) is 0 Å². The van der Waals surface area contributed by atoms with Gasteiger partial charge in [0, 0.05) is 19.5 Å². The van der Waals surface area contributed by atoms with Crippen molar-refractivity contribution in [3.63, 3.8) is 0 Å². The quantitative estimate of drug-likeness (QED) is 0.344. The molecule has 0 aromatic heterocycles. The number of hydrogen-bond acceptors (Lipinski definition) is 4. The third kappa shape index (κ3) is 6.91. The topological polar surface area (TPSA) is 78.7 Å². The van der Waals surface area contributed by atoms with Crippen LogP contribution < -0.4 is 11.3 Å². The smallest absolute Gasteiger partial charge is 0.236 e. The lowest BCUT2D eigenvalue weighted by atomic mass is 10.3. The van der Waals surface area contributed by atoms with Gasteiger partial charge in [-0.15, -0.1) is 0 Å². The highest BCUT2D eigenvalue weighted by molar-refractivity contribution is 5.78. The first-order valence-corrected chi connectivity index (χ1v) is 6.00. The molecule has 0 radical (unpaired) electrons. The second kappa shape index (κ2) is 8.95. The molecule has 17 heavy (non-hydrogen) atoms. The van der Waals surface area contributed by atoms with E-state index in [4.69, 9.17) is 5.84 Å². The molecule has 0 aromatic rings. The second-order valence-electron chi connectivity index (χ2n) is 3.97. The number of hydrogen-bond donors (Lipinski definition) is 2. The van der Waals surface area contributed by atoms with Crippen molar-refractivity contribution < 1.29 is 9.59 Å². The highest BCUT2D eigenvalue weighted by atomic mass is 16.2. The fourth-order valence-corrected chi connectivity index (χ4v) is 1.57. The minimum Gasteiger partial charge on any atom is -0.342 e. The molecule has 0 spiro atoms. The van der Waals surface area contributed by atoms with Crippen LogP contribution in [0, 0.1) is 0 Å². The maximum absolute atomic E-state index is 11.8. The average molecular weight is 244 g/mol. The van der Waals surface area contributed by atoms with Gasteiger partial charge in [-0.25, -0.2) is 5.84 Å². The van der Waals surface area contributed by atoms with Crippen molar-refractivity contribution in [1.29, 1.82) is 0 Å². The third-order valence-corrected chi connectivity index (χ3v) is 2.63. The average Bonchev–Trinajstić information content (AvgIpc) is 2.30. The van der Waals surface area contributed by atoms with Crippen LogP contribution in [0.1, 0.15) is 26.7 Å². The first kappa shape index (κ1) is 15.9. The number of likely N-dealkylation sites (N-methyl/N-ethyl adjacent to an activating group) is 2. The zero-order valence-electron chi connectivity index (χ0n) is 11.0. The predicted molar refractivity (Wildman–Crippen MR) is 67.0 cm³/mol. The van der Waals surface area contributed by atoms with E-state index >= 15 is 0 Å². The molecule has 0 saturated carbocycles. The highest BCUT2D eigenvalue weighted by Gasteiger charge is 2.12. The zero-order valence-corrected chi connectivity index (χ0v) is 11.0. The van der Waals surface area contributed by atoms with Crippen LogP contribution in [-0.4, -0.2) is 54.8 Å². The van der Waals surface area contributed by atoms with E-state index in [0.29, 0.717) is 25.9 Å². The third-order valence-electron chi connectivity index (χ3n) is 2.63. The number of carbonyl (C=O) groups is 2. The van der Waals surface area contributed by atoms with Gasteiger partial charge in [0.15, 0.2) is 0 Å². The number of rotatable bonds is 8. The van der Waals surface area contributed by atoms with Gasteiger partial charge in [0.25, 0.3) is 0 Å². The summed E-state index contributed by atoms with van der Waals surface area (Å²) in [6, 6.07) is 0. The van der Waals surface area contributed by atoms with Crippen LogP contribution >= 0.6 is 0 Å². The van der Waals surface area contributed by atoms with Crippen molar-refractivity contribution >= 4 is 11.8 Å². The first-order valence-electron chi connectivity index (χ1n) is 6.00. The largest absolute Gasteiger partial charge is 0.342 e. The van der Waals surface area contributed by atoms with Crippen LogP contribution in [0.5, 0.6) is 0 Å². The minimum atomic E-state index is -0.173. The molecule has 0 rings (SSSR count). The van der Waals surface area contributed by atoms with E-state index in [2.05, 4.69) is 5.43 Å². The van der Waals surface area contributed by atoms with Gasteiger partial charge in [0.05, 0.1) is 6.54 Å². The Kier molecular flexibility index (Phi) is 8.35. The Morgan fingerprint density at radius 3 is 2.29 bits per heavy atom. The number of nitrogens with one attached hydrogen (secondary N) is 1. The molecule has 0 fully saturated rings. The monoisotopic (exact) mass is 244 g/mol. The lowest BCUT2D eigenvalue weighted by molar-refractivity contribution is -0.131. The van der Waals surface area contributed by atoms with E-state index in [1.54, 1.807) is 4.90 Å². The van der Waals surface area contributed by atoms with Crippen molar-refractivity contribution in [3.8, 4) is 0 Å². The Bertz CT molecular complexity index is 242. The van der Waals surface area contributed by atoms with Crippen molar-refractivity contribution in [3.05, 3.63) is 0 Å². The fraction of sp³-hybridized carbons (Fsp3) is 0.818. The normalized spacial score (nSPS) is 10.4. The highest BCUT2D eigenvalue weighted by Crippen LogP contribution is 1.96. The Morgan fingerprint density at radius 2 is 1.82 bits per heavy atom.